The van der Waals surface area contributed by atoms with Crippen molar-refractivity contribution >= 4 is 11.9 Å². The Labute approximate surface area is 141 Å². The maximum atomic E-state index is 11.4. The third-order valence-electron chi connectivity index (χ3n) is 3.32. The van der Waals surface area contributed by atoms with Crippen LogP contribution < -0.4 is 10.5 Å². The minimum atomic E-state index is -0.680. The second-order valence-electron chi connectivity index (χ2n) is 4.96. The molecule has 25 heavy (non-hydrogen) atoms. The minimum Gasteiger partial charge on any atom is -0.486 e. The molecule has 1 amide bonds. The summed E-state index contributed by atoms with van der Waals surface area (Å²) < 4.78 is 15.5. The van der Waals surface area contributed by atoms with E-state index in [1.807, 2.05) is 0 Å². The number of H-pyrrole nitrogens is 1. The summed E-state index contributed by atoms with van der Waals surface area (Å²) in [4.78, 5) is 22.7. The van der Waals surface area contributed by atoms with E-state index in [-0.39, 0.29) is 18.1 Å². The molecule has 0 atom stereocenters. The van der Waals surface area contributed by atoms with Gasteiger partial charge in [-0.3, -0.25) is 4.79 Å². The highest BCUT2D eigenvalue weighted by molar-refractivity contribution is 5.96. The number of aromatic amines is 1. The van der Waals surface area contributed by atoms with Gasteiger partial charge in [0.25, 0.3) is 5.91 Å². The number of carbonyl (C=O) groups is 2. The molecule has 3 rings (SSSR count). The number of furan rings is 1. The minimum absolute atomic E-state index is 0.0471. The lowest BCUT2D eigenvalue weighted by atomic mass is 10.1. The van der Waals surface area contributed by atoms with E-state index < -0.39 is 11.9 Å². The van der Waals surface area contributed by atoms with Gasteiger partial charge in [-0.1, -0.05) is 12.1 Å². The van der Waals surface area contributed by atoms with Crippen molar-refractivity contribution in [2.75, 3.05) is 7.11 Å². The van der Waals surface area contributed by atoms with E-state index in [0.717, 1.165) is 0 Å². The van der Waals surface area contributed by atoms with E-state index in [2.05, 4.69) is 20.1 Å². The maximum Gasteiger partial charge on any atom is 0.373 e. The van der Waals surface area contributed by atoms with Crippen LogP contribution in [0.4, 0.5) is 0 Å². The Hall–Kier alpha value is -3.62. The topological polar surface area (TPSA) is 133 Å². The zero-order chi connectivity index (χ0) is 17.8. The molecule has 9 heteroatoms. The highest BCUT2D eigenvalue weighted by atomic mass is 16.5. The van der Waals surface area contributed by atoms with Gasteiger partial charge in [-0.25, -0.2) is 4.79 Å². The van der Waals surface area contributed by atoms with Gasteiger partial charge in [0.15, 0.2) is 5.69 Å². The summed E-state index contributed by atoms with van der Waals surface area (Å²) in [5, 5.41) is 10.0. The molecule has 0 aliphatic rings. The molecule has 0 bridgehead atoms. The molecule has 0 saturated heterocycles. The fourth-order valence-electron chi connectivity index (χ4n) is 2.16. The number of esters is 1. The second kappa shape index (κ2) is 6.87. The molecule has 0 aliphatic carbocycles. The zero-order valence-corrected chi connectivity index (χ0v) is 13.2. The SMILES string of the molecule is COC(=O)c1ccc(COc2cccc(-c3n[nH]nc3C(N)=O)c2)o1. The van der Waals surface area contributed by atoms with Gasteiger partial charge in [-0.05, 0) is 24.3 Å². The van der Waals surface area contributed by atoms with Crippen LogP contribution in [0.3, 0.4) is 0 Å². The Balaban J connectivity index is 1.74. The van der Waals surface area contributed by atoms with Crippen LogP contribution in [0.2, 0.25) is 0 Å². The van der Waals surface area contributed by atoms with Crippen molar-refractivity contribution in [1.82, 2.24) is 15.4 Å². The predicted molar refractivity (Wildman–Crippen MR) is 84.7 cm³/mol. The van der Waals surface area contributed by atoms with Crippen molar-refractivity contribution in [3.8, 4) is 17.0 Å². The van der Waals surface area contributed by atoms with Gasteiger partial charge in [-0.2, -0.15) is 15.4 Å². The Morgan fingerprint density at radius 1 is 1.24 bits per heavy atom. The van der Waals surface area contributed by atoms with Crippen molar-refractivity contribution < 1.29 is 23.5 Å². The van der Waals surface area contributed by atoms with E-state index in [1.54, 1.807) is 30.3 Å². The van der Waals surface area contributed by atoms with Crippen LogP contribution in [0, 0.1) is 0 Å². The summed E-state index contributed by atoms with van der Waals surface area (Å²) in [6, 6.07) is 10.0. The molecular weight excluding hydrogens is 328 g/mol. The number of nitrogens with zero attached hydrogens (tertiary/aromatic N) is 2. The van der Waals surface area contributed by atoms with Gasteiger partial charge in [0.2, 0.25) is 5.76 Å². The highest BCUT2D eigenvalue weighted by Gasteiger charge is 2.16. The number of aromatic nitrogens is 3. The van der Waals surface area contributed by atoms with E-state index in [4.69, 9.17) is 14.9 Å². The van der Waals surface area contributed by atoms with Gasteiger partial charge in [-0.15, -0.1) is 0 Å². The molecule has 0 saturated carbocycles. The highest BCUT2D eigenvalue weighted by Crippen LogP contribution is 2.24. The summed E-state index contributed by atoms with van der Waals surface area (Å²) in [6.45, 7) is 0.113. The number of amides is 1. The standard InChI is InChI=1S/C16H14N4O5/c1-23-16(22)12-6-5-11(25-12)8-24-10-4-2-3-9(7-10)13-14(15(17)21)19-20-18-13/h2-7H,8H2,1H3,(H2,17,21)(H,18,19,20). The number of hydrogen-bond donors (Lipinski definition) is 2. The van der Waals surface area contributed by atoms with Crippen LogP contribution in [-0.4, -0.2) is 34.4 Å². The molecule has 9 nitrogen and oxygen atoms in total. The summed E-state index contributed by atoms with van der Waals surface area (Å²) in [5.41, 5.74) is 6.27. The predicted octanol–water partition coefficient (Wildman–Crippen LogP) is 1.53. The average Bonchev–Trinajstić information content (AvgIpc) is 3.29. The van der Waals surface area contributed by atoms with Crippen molar-refractivity contribution in [2.45, 2.75) is 6.61 Å². The van der Waals surface area contributed by atoms with Crippen LogP contribution in [0.1, 0.15) is 26.8 Å². The summed E-state index contributed by atoms with van der Waals surface area (Å²) in [5.74, 6) is -0.153. The maximum absolute atomic E-state index is 11.4. The fourth-order valence-corrected chi connectivity index (χ4v) is 2.16. The fraction of sp³-hybridized carbons (Fsp3) is 0.125. The first-order valence-corrected chi connectivity index (χ1v) is 7.19. The number of hydrogen-bond acceptors (Lipinski definition) is 7. The van der Waals surface area contributed by atoms with E-state index >= 15 is 0 Å². The molecule has 0 aliphatic heterocycles. The number of nitrogens with two attached hydrogens (primary N) is 1. The Morgan fingerprint density at radius 2 is 2.08 bits per heavy atom. The molecule has 2 heterocycles. The van der Waals surface area contributed by atoms with E-state index in [9.17, 15) is 9.59 Å². The van der Waals surface area contributed by atoms with Gasteiger partial charge >= 0.3 is 5.97 Å². The van der Waals surface area contributed by atoms with Crippen molar-refractivity contribution in [1.29, 1.82) is 0 Å². The Kier molecular flexibility index (Phi) is 4.46. The number of rotatable bonds is 6. The van der Waals surface area contributed by atoms with Crippen molar-refractivity contribution in [2.24, 2.45) is 5.73 Å². The van der Waals surface area contributed by atoms with Crippen LogP contribution >= 0.6 is 0 Å². The Morgan fingerprint density at radius 3 is 2.84 bits per heavy atom. The summed E-state index contributed by atoms with van der Waals surface area (Å²) >= 11 is 0. The normalized spacial score (nSPS) is 10.4. The molecule has 0 radical (unpaired) electrons. The number of ether oxygens (including phenoxy) is 2. The van der Waals surface area contributed by atoms with Crippen molar-refractivity contribution in [3.05, 3.63) is 53.6 Å². The Bertz CT molecular complexity index is 915. The van der Waals surface area contributed by atoms with Gasteiger partial charge in [0.05, 0.1) is 7.11 Å². The van der Waals surface area contributed by atoms with Crippen LogP contribution in [-0.2, 0) is 11.3 Å². The van der Waals surface area contributed by atoms with Crippen LogP contribution in [0.15, 0.2) is 40.8 Å². The monoisotopic (exact) mass is 342 g/mol. The van der Waals surface area contributed by atoms with Gasteiger partial charge in [0, 0.05) is 5.56 Å². The molecule has 0 spiro atoms. The van der Waals surface area contributed by atoms with E-state index in [1.165, 1.54) is 13.2 Å². The number of methoxy groups -OCH3 is 1. The number of nitrogens with one attached hydrogen (secondary N) is 1. The lowest BCUT2D eigenvalue weighted by Crippen LogP contribution is -2.12. The van der Waals surface area contributed by atoms with Crippen molar-refractivity contribution in [3.63, 3.8) is 0 Å². The summed E-state index contributed by atoms with van der Waals surface area (Å²) in [7, 11) is 1.27. The second-order valence-corrected chi connectivity index (χ2v) is 4.96. The zero-order valence-electron chi connectivity index (χ0n) is 13.2. The van der Waals surface area contributed by atoms with Crippen LogP contribution in [0.25, 0.3) is 11.3 Å². The third kappa shape index (κ3) is 3.50. The largest absolute Gasteiger partial charge is 0.486 e. The number of carbonyl (C=O) groups excluding carboxylic acids is 2. The molecule has 2 aromatic heterocycles. The quantitative estimate of drug-likeness (QED) is 0.649. The van der Waals surface area contributed by atoms with E-state index in [0.29, 0.717) is 22.8 Å². The summed E-state index contributed by atoms with van der Waals surface area (Å²) in [6.07, 6.45) is 0. The average molecular weight is 342 g/mol. The number of benzene rings is 1. The molecule has 1 aromatic carbocycles. The molecule has 3 N–H and O–H groups in total. The lowest BCUT2D eigenvalue weighted by Gasteiger charge is -2.06. The first kappa shape index (κ1) is 16.2. The molecule has 3 aromatic rings. The molecule has 128 valence electrons. The molecule has 0 unspecified atom stereocenters. The molecule has 0 fully saturated rings. The first-order valence-electron chi connectivity index (χ1n) is 7.19. The van der Waals surface area contributed by atoms with Crippen LogP contribution in [0.5, 0.6) is 5.75 Å². The smallest absolute Gasteiger partial charge is 0.373 e. The lowest BCUT2D eigenvalue weighted by molar-refractivity contribution is 0.0561. The third-order valence-corrected chi connectivity index (χ3v) is 3.32. The van der Waals surface area contributed by atoms with Gasteiger partial charge < -0.3 is 19.6 Å². The molecular formula is C16H14N4O5. The number of primary amides is 1. The van der Waals surface area contributed by atoms with Gasteiger partial charge in [0.1, 0.15) is 23.8 Å². The first-order chi connectivity index (χ1) is 12.1.